The zero-order chi connectivity index (χ0) is 14.5. The van der Waals surface area contributed by atoms with Gasteiger partial charge in [-0.2, -0.15) is 0 Å². The molecule has 0 aliphatic heterocycles. The van der Waals surface area contributed by atoms with Crippen molar-refractivity contribution in [2.45, 2.75) is 13.3 Å². The van der Waals surface area contributed by atoms with E-state index in [-0.39, 0.29) is 5.78 Å². The van der Waals surface area contributed by atoms with Gasteiger partial charge in [-0.1, -0.05) is 6.92 Å². The Labute approximate surface area is 125 Å². The Morgan fingerprint density at radius 3 is 2.40 bits per heavy atom. The second kappa shape index (κ2) is 6.66. The number of carbonyl (C=O) groups excluding carboxylic acids is 1. The first-order chi connectivity index (χ1) is 9.61. The van der Waals surface area contributed by atoms with Gasteiger partial charge in [-0.3, -0.25) is 4.79 Å². The number of hydrogen-bond acceptors (Lipinski definition) is 2. The molecule has 0 atom stereocenters. The fourth-order valence-electron chi connectivity index (χ4n) is 1.73. The first kappa shape index (κ1) is 14.7. The summed E-state index contributed by atoms with van der Waals surface area (Å²) in [6, 6.07) is 11.2. The average Bonchev–Trinajstić information content (AvgIpc) is 2.48. The Hall–Kier alpha value is -1.68. The van der Waals surface area contributed by atoms with Gasteiger partial charge in [0, 0.05) is 11.1 Å². The van der Waals surface area contributed by atoms with E-state index in [1.807, 2.05) is 6.92 Å². The molecule has 0 N–H and O–H groups in total. The molecule has 20 heavy (non-hydrogen) atoms. The Kier molecular flexibility index (Phi) is 4.90. The van der Waals surface area contributed by atoms with Crippen molar-refractivity contribution in [2.75, 3.05) is 6.61 Å². The smallest absolute Gasteiger partial charge is 0.193 e. The highest BCUT2D eigenvalue weighted by molar-refractivity contribution is 9.10. The quantitative estimate of drug-likeness (QED) is 0.745. The third-order valence-electron chi connectivity index (χ3n) is 2.77. The molecule has 0 saturated carbocycles. The summed E-state index contributed by atoms with van der Waals surface area (Å²) < 4.78 is 19.2. The van der Waals surface area contributed by atoms with Crippen molar-refractivity contribution >= 4 is 21.7 Å². The molecular weight excluding hydrogens is 323 g/mol. The molecule has 2 aromatic carbocycles. The van der Waals surface area contributed by atoms with Crippen molar-refractivity contribution < 1.29 is 13.9 Å². The maximum Gasteiger partial charge on any atom is 0.193 e. The summed E-state index contributed by atoms with van der Waals surface area (Å²) in [4.78, 5) is 12.2. The van der Waals surface area contributed by atoms with Gasteiger partial charge in [0.25, 0.3) is 0 Å². The zero-order valence-corrected chi connectivity index (χ0v) is 12.6. The molecule has 104 valence electrons. The van der Waals surface area contributed by atoms with Gasteiger partial charge in [-0.05, 0) is 64.8 Å². The van der Waals surface area contributed by atoms with Gasteiger partial charge >= 0.3 is 0 Å². The lowest BCUT2D eigenvalue weighted by Crippen LogP contribution is -2.02. The highest BCUT2D eigenvalue weighted by Crippen LogP contribution is 2.20. The third-order valence-corrected chi connectivity index (χ3v) is 3.41. The van der Waals surface area contributed by atoms with E-state index in [4.69, 9.17) is 4.74 Å². The molecule has 0 saturated heterocycles. The van der Waals surface area contributed by atoms with Crippen molar-refractivity contribution in [2.24, 2.45) is 0 Å². The number of halogens is 2. The number of hydrogen-bond donors (Lipinski definition) is 0. The van der Waals surface area contributed by atoms with Gasteiger partial charge in [-0.15, -0.1) is 0 Å². The maximum absolute atomic E-state index is 13.4. The first-order valence-electron chi connectivity index (χ1n) is 6.34. The summed E-state index contributed by atoms with van der Waals surface area (Å²) in [6.07, 6.45) is 0.929. The molecule has 4 heteroatoms. The Bertz CT molecular complexity index is 608. The number of carbonyl (C=O) groups is 1. The Balaban J connectivity index is 2.18. The van der Waals surface area contributed by atoms with Crippen LogP contribution in [0.3, 0.4) is 0 Å². The number of rotatable bonds is 5. The minimum absolute atomic E-state index is 0.210. The molecular formula is C16H14BrFO2. The van der Waals surface area contributed by atoms with Crippen LogP contribution in [0.25, 0.3) is 0 Å². The van der Waals surface area contributed by atoms with Gasteiger partial charge in [0.1, 0.15) is 11.6 Å². The average molecular weight is 337 g/mol. The van der Waals surface area contributed by atoms with Gasteiger partial charge < -0.3 is 4.74 Å². The topological polar surface area (TPSA) is 26.3 Å². The monoisotopic (exact) mass is 336 g/mol. The van der Waals surface area contributed by atoms with Crippen LogP contribution in [-0.4, -0.2) is 12.4 Å². The molecule has 2 aromatic rings. The lowest BCUT2D eigenvalue weighted by Gasteiger charge is -2.06. The van der Waals surface area contributed by atoms with Crippen LogP contribution in [0, 0.1) is 5.82 Å². The molecule has 0 amide bonds. The van der Waals surface area contributed by atoms with Crippen LogP contribution in [0.5, 0.6) is 5.75 Å². The van der Waals surface area contributed by atoms with Gasteiger partial charge in [0.05, 0.1) is 11.1 Å². The largest absolute Gasteiger partial charge is 0.494 e. The van der Waals surface area contributed by atoms with E-state index >= 15 is 0 Å². The van der Waals surface area contributed by atoms with Crippen LogP contribution in [0.2, 0.25) is 0 Å². The lowest BCUT2D eigenvalue weighted by atomic mass is 10.0. The van der Waals surface area contributed by atoms with Crippen LogP contribution in [-0.2, 0) is 0 Å². The van der Waals surface area contributed by atoms with E-state index in [2.05, 4.69) is 15.9 Å². The standard InChI is InChI=1S/C16H14BrFO2/c1-2-9-20-13-6-3-11(4-7-13)16(19)12-5-8-14(17)15(18)10-12/h3-8,10H,2,9H2,1H3. The summed E-state index contributed by atoms with van der Waals surface area (Å²) in [5, 5.41) is 0. The zero-order valence-electron chi connectivity index (χ0n) is 11.0. The molecule has 0 spiro atoms. The normalized spacial score (nSPS) is 10.3. The minimum Gasteiger partial charge on any atom is -0.494 e. The number of ketones is 1. The predicted molar refractivity (Wildman–Crippen MR) is 79.8 cm³/mol. The molecule has 2 nitrogen and oxygen atoms in total. The van der Waals surface area contributed by atoms with Gasteiger partial charge in [0.15, 0.2) is 5.78 Å². The van der Waals surface area contributed by atoms with Crippen LogP contribution in [0.1, 0.15) is 29.3 Å². The fraction of sp³-hybridized carbons (Fsp3) is 0.188. The number of benzene rings is 2. The fourth-order valence-corrected chi connectivity index (χ4v) is 1.97. The summed E-state index contributed by atoms with van der Waals surface area (Å²) in [7, 11) is 0. The molecule has 0 radical (unpaired) electrons. The number of ether oxygens (including phenoxy) is 1. The Morgan fingerprint density at radius 2 is 1.80 bits per heavy atom. The molecule has 0 bridgehead atoms. The first-order valence-corrected chi connectivity index (χ1v) is 7.13. The van der Waals surface area contributed by atoms with Crippen molar-refractivity contribution in [3.63, 3.8) is 0 Å². The molecule has 0 aliphatic carbocycles. The molecule has 0 aliphatic rings. The minimum atomic E-state index is -0.446. The maximum atomic E-state index is 13.4. The van der Waals surface area contributed by atoms with Crippen LogP contribution >= 0.6 is 15.9 Å². The second-order valence-electron chi connectivity index (χ2n) is 4.33. The van der Waals surface area contributed by atoms with E-state index in [0.717, 1.165) is 12.2 Å². The summed E-state index contributed by atoms with van der Waals surface area (Å²) in [5.41, 5.74) is 0.837. The summed E-state index contributed by atoms with van der Waals surface area (Å²) >= 11 is 3.07. The van der Waals surface area contributed by atoms with Crippen molar-refractivity contribution in [3.05, 3.63) is 63.9 Å². The van der Waals surface area contributed by atoms with Crippen LogP contribution in [0.4, 0.5) is 4.39 Å². The molecule has 0 heterocycles. The highest BCUT2D eigenvalue weighted by Gasteiger charge is 2.11. The van der Waals surface area contributed by atoms with Crippen molar-refractivity contribution in [1.29, 1.82) is 0 Å². The molecule has 0 unspecified atom stereocenters. The van der Waals surface area contributed by atoms with Crippen LogP contribution < -0.4 is 4.74 Å². The van der Waals surface area contributed by atoms with E-state index in [0.29, 0.717) is 22.2 Å². The van der Waals surface area contributed by atoms with Crippen molar-refractivity contribution in [1.82, 2.24) is 0 Å². The second-order valence-corrected chi connectivity index (χ2v) is 5.19. The van der Waals surface area contributed by atoms with Gasteiger partial charge in [0.2, 0.25) is 0 Å². The van der Waals surface area contributed by atoms with E-state index in [1.165, 1.54) is 12.1 Å². The lowest BCUT2D eigenvalue weighted by molar-refractivity contribution is 0.103. The highest BCUT2D eigenvalue weighted by atomic mass is 79.9. The van der Waals surface area contributed by atoms with Gasteiger partial charge in [-0.25, -0.2) is 4.39 Å². The van der Waals surface area contributed by atoms with E-state index in [1.54, 1.807) is 30.3 Å². The van der Waals surface area contributed by atoms with E-state index in [9.17, 15) is 9.18 Å². The summed E-state index contributed by atoms with van der Waals surface area (Å²) in [6.45, 7) is 2.67. The third kappa shape index (κ3) is 3.45. The SMILES string of the molecule is CCCOc1ccc(C(=O)c2ccc(Br)c(F)c2)cc1. The molecule has 2 rings (SSSR count). The summed E-state index contributed by atoms with van der Waals surface area (Å²) in [5.74, 6) is 0.0718. The molecule has 0 aromatic heterocycles. The van der Waals surface area contributed by atoms with Crippen LogP contribution in [0.15, 0.2) is 46.9 Å². The Morgan fingerprint density at radius 1 is 1.15 bits per heavy atom. The predicted octanol–water partition coefficient (Wildman–Crippen LogP) is 4.61. The molecule has 0 fully saturated rings. The van der Waals surface area contributed by atoms with Crippen molar-refractivity contribution in [3.8, 4) is 5.75 Å². The van der Waals surface area contributed by atoms with E-state index < -0.39 is 5.82 Å².